The molecule has 2 rings (SSSR count). The lowest BCUT2D eigenvalue weighted by Crippen LogP contribution is -2.07. The smallest absolute Gasteiger partial charge is 0.362 e. The van der Waals surface area contributed by atoms with Crippen molar-refractivity contribution >= 4 is 38.2 Å². The number of nitro groups is 2. The van der Waals surface area contributed by atoms with Gasteiger partial charge in [-0.3, -0.25) is 20.2 Å². The first kappa shape index (κ1) is 13.0. The van der Waals surface area contributed by atoms with Crippen LogP contribution in [-0.2, 0) is 4.74 Å². The van der Waals surface area contributed by atoms with Gasteiger partial charge in [0.1, 0.15) is 4.70 Å². The minimum atomic E-state index is -0.861. The van der Waals surface area contributed by atoms with Gasteiger partial charge in [-0.05, 0) is 6.92 Å². The third-order valence-electron chi connectivity index (χ3n) is 2.27. The Morgan fingerprint density at radius 1 is 1.42 bits per heavy atom. The average Bonchev–Trinajstić information content (AvgIpc) is 2.84. The normalized spacial score (nSPS) is 10.6. The first-order chi connectivity index (χ1) is 8.95. The lowest BCUT2D eigenvalue weighted by atomic mass is 10.3. The molecule has 9 nitrogen and oxygen atoms in total. The topological polar surface area (TPSA) is 128 Å². The number of esters is 1. The Balaban J connectivity index is 2.63. The molecule has 0 saturated heterocycles. The molecule has 2 aromatic heterocycles. The minimum absolute atomic E-state index is 0.0553. The van der Waals surface area contributed by atoms with Gasteiger partial charge in [0.25, 0.3) is 0 Å². The number of nitrogens with one attached hydrogen (secondary N) is 1. The number of H-pyrrole nitrogens is 1. The SMILES string of the molecule is CCOC(=O)c1[nH]c2cc([N+](=O)[O-])sc2c1[N+](=O)[O-]. The maximum atomic E-state index is 11.6. The minimum Gasteiger partial charge on any atom is -0.461 e. The summed E-state index contributed by atoms with van der Waals surface area (Å²) in [5, 5.41) is 21.4. The molecule has 1 N–H and O–H groups in total. The number of hydrogen-bond acceptors (Lipinski definition) is 7. The van der Waals surface area contributed by atoms with Crippen molar-refractivity contribution < 1.29 is 19.4 Å². The molecule has 100 valence electrons. The molecule has 10 heteroatoms. The van der Waals surface area contributed by atoms with E-state index in [1.807, 2.05) is 0 Å². The van der Waals surface area contributed by atoms with Gasteiger partial charge in [0.05, 0.1) is 28.0 Å². The van der Waals surface area contributed by atoms with E-state index in [0.717, 1.165) is 6.07 Å². The monoisotopic (exact) mass is 285 g/mol. The van der Waals surface area contributed by atoms with Crippen LogP contribution in [0.4, 0.5) is 10.7 Å². The summed E-state index contributed by atoms with van der Waals surface area (Å²) in [4.78, 5) is 34.3. The molecule has 0 aliphatic carbocycles. The summed E-state index contributed by atoms with van der Waals surface area (Å²) in [6.45, 7) is 1.64. The fourth-order valence-corrected chi connectivity index (χ4v) is 2.52. The van der Waals surface area contributed by atoms with Crippen LogP contribution >= 0.6 is 11.3 Å². The van der Waals surface area contributed by atoms with Gasteiger partial charge >= 0.3 is 16.7 Å². The first-order valence-corrected chi connectivity index (χ1v) is 5.88. The fraction of sp³-hybridized carbons (Fsp3) is 0.222. The van der Waals surface area contributed by atoms with E-state index >= 15 is 0 Å². The largest absolute Gasteiger partial charge is 0.461 e. The summed E-state index contributed by atoms with van der Waals surface area (Å²) >= 11 is 0.637. The van der Waals surface area contributed by atoms with Gasteiger partial charge in [-0.1, -0.05) is 11.3 Å². The van der Waals surface area contributed by atoms with E-state index in [1.54, 1.807) is 6.92 Å². The second-order valence-electron chi connectivity index (χ2n) is 3.41. The van der Waals surface area contributed by atoms with Crippen LogP contribution in [0.15, 0.2) is 6.07 Å². The molecule has 0 aliphatic rings. The molecule has 0 saturated carbocycles. The molecule has 0 atom stereocenters. The maximum absolute atomic E-state index is 11.6. The molecule has 0 amide bonds. The number of thiophene rings is 1. The zero-order valence-corrected chi connectivity index (χ0v) is 10.4. The Bertz CT molecular complexity index is 687. The van der Waals surface area contributed by atoms with Crippen molar-refractivity contribution in [2.24, 2.45) is 0 Å². The quantitative estimate of drug-likeness (QED) is 0.521. The van der Waals surface area contributed by atoms with Crippen LogP contribution < -0.4 is 0 Å². The summed E-state index contributed by atoms with van der Waals surface area (Å²) in [7, 11) is 0. The van der Waals surface area contributed by atoms with Gasteiger partial charge in [0, 0.05) is 0 Å². The van der Waals surface area contributed by atoms with Gasteiger partial charge < -0.3 is 9.72 Å². The van der Waals surface area contributed by atoms with Gasteiger partial charge in [0.2, 0.25) is 5.69 Å². The highest BCUT2D eigenvalue weighted by atomic mass is 32.1. The molecule has 0 unspecified atom stereocenters. The number of carbonyl (C=O) groups is 1. The Labute approximate surface area is 109 Å². The van der Waals surface area contributed by atoms with Crippen molar-refractivity contribution in [1.29, 1.82) is 0 Å². The predicted molar refractivity (Wildman–Crippen MR) is 65.4 cm³/mol. The van der Waals surface area contributed by atoms with Crippen molar-refractivity contribution in [2.75, 3.05) is 6.61 Å². The Hall–Kier alpha value is -2.49. The predicted octanol–water partition coefficient (Wildman–Crippen LogP) is 2.22. The lowest BCUT2D eigenvalue weighted by Gasteiger charge is -1.98. The molecular weight excluding hydrogens is 278 g/mol. The fourth-order valence-electron chi connectivity index (χ4n) is 1.57. The average molecular weight is 285 g/mol. The number of carbonyl (C=O) groups excluding carboxylic acids is 1. The highest BCUT2D eigenvalue weighted by Gasteiger charge is 2.31. The van der Waals surface area contributed by atoms with Crippen LogP contribution in [0.2, 0.25) is 0 Å². The molecule has 0 aromatic carbocycles. The van der Waals surface area contributed by atoms with E-state index in [0.29, 0.717) is 11.3 Å². The Kier molecular flexibility index (Phi) is 3.17. The second-order valence-corrected chi connectivity index (χ2v) is 4.44. The molecule has 2 heterocycles. The van der Waals surface area contributed by atoms with Crippen molar-refractivity contribution in [1.82, 2.24) is 4.98 Å². The van der Waals surface area contributed by atoms with E-state index in [2.05, 4.69) is 4.98 Å². The van der Waals surface area contributed by atoms with Gasteiger partial charge in [-0.15, -0.1) is 0 Å². The van der Waals surface area contributed by atoms with Crippen LogP contribution in [0.1, 0.15) is 17.4 Å². The molecule has 0 radical (unpaired) electrons. The van der Waals surface area contributed by atoms with Crippen LogP contribution in [0, 0.1) is 20.2 Å². The van der Waals surface area contributed by atoms with Crippen molar-refractivity contribution in [2.45, 2.75) is 6.92 Å². The number of nitrogens with zero attached hydrogens (tertiary/aromatic N) is 2. The van der Waals surface area contributed by atoms with Crippen molar-refractivity contribution in [3.05, 3.63) is 32.0 Å². The maximum Gasteiger partial charge on any atom is 0.362 e. The third kappa shape index (κ3) is 2.12. The summed E-state index contributed by atoms with van der Waals surface area (Å²) < 4.78 is 4.75. The number of hydrogen-bond donors (Lipinski definition) is 1. The van der Waals surface area contributed by atoms with Crippen LogP contribution in [0.5, 0.6) is 0 Å². The molecule has 0 fully saturated rings. The summed E-state index contributed by atoms with van der Waals surface area (Å²) in [5.41, 5.74) is -0.624. The first-order valence-electron chi connectivity index (χ1n) is 5.07. The van der Waals surface area contributed by atoms with E-state index in [-0.39, 0.29) is 27.5 Å². The molecule has 0 aliphatic heterocycles. The molecule has 2 aromatic rings. The van der Waals surface area contributed by atoms with Gasteiger partial charge in [-0.2, -0.15) is 0 Å². The van der Waals surface area contributed by atoms with Crippen molar-refractivity contribution in [3.63, 3.8) is 0 Å². The number of aromatic amines is 1. The molecule has 0 bridgehead atoms. The van der Waals surface area contributed by atoms with E-state index in [1.165, 1.54) is 0 Å². The van der Waals surface area contributed by atoms with Crippen LogP contribution in [0.25, 0.3) is 10.2 Å². The Morgan fingerprint density at radius 3 is 2.63 bits per heavy atom. The van der Waals surface area contributed by atoms with E-state index in [9.17, 15) is 25.0 Å². The van der Waals surface area contributed by atoms with Crippen LogP contribution in [-0.4, -0.2) is 27.4 Å². The second kappa shape index (κ2) is 4.65. The number of rotatable bonds is 4. The van der Waals surface area contributed by atoms with Crippen molar-refractivity contribution in [3.8, 4) is 0 Å². The zero-order chi connectivity index (χ0) is 14.2. The highest BCUT2D eigenvalue weighted by Crippen LogP contribution is 2.39. The summed E-state index contributed by atoms with van der Waals surface area (Å²) in [6, 6.07) is 1.15. The van der Waals surface area contributed by atoms with Crippen LogP contribution in [0.3, 0.4) is 0 Å². The standard InChI is InChI=1S/C9H7N3O6S/c1-2-18-9(13)6-7(12(16)17)8-4(10-6)3-5(19-8)11(14)15/h3,10H,2H2,1H3. The molecule has 19 heavy (non-hydrogen) atoms. The van der Waals surface area contributed by atoms with Gasteiger partial charge in [0.15, 0.2) is 0 Å². The molecule has 0 spiro atoms. The number of ether oxygens (including phenoxy) is 1. The summed E-state index contributed by atoms with van der Waals surface area (Å²) in [5.74, 6) is -0.861. The lowest BCUT2D eigenvalue weighted by molar-refractivity contribution is -0.383. The third-order valence-corrected chi connectivity index (χ3v) is 3.37. The van der Waals surface area contributed by atoms with E-state index < -0.39 is 21.5 Å². The summed E-state index contributed by atoms with van der Waals surface area (Å²) in [6.07, 6.45) is 0. The Morgan fingerprint density at radius 2 is 2.11 bits per heavy atom. The number of aromatic nitrogens is 1. The molecular formula is C9H7N3O6S. The van der Waals surface area contributed by atoms with E-state index in [4.69, 9.17) is 4.74 Å². The highest BCUT2D eigenvalue weighted by molar-refractivity contribution is 7.22. The van der Waals surface area contributed by atoms with Gasteiger partial charge in [-0.25, -0.2) is 4.79 Å². The number of fused-ring (bicyclic) bond motifs is 1. The zero-order valence-electron chi connectivity index (χ0n) is 9.54.